The SMILES string of the molecule is CCOc1cc(-c2ccc(C)cc2OC)nc2cc(C(=O)NCc3nc4ccncc4[nH]3)ccc12. The lowest BCUT2D eigenvalue weighted by molar-refractivity contribution is 0.0950. The highest BCUT2D eigenvalue weighted by atomic mass is 16.5. The Morgan fingerprint density at radius 3 is 2.71 bits per heavy atom. The van der Waals surface area contributed by atoms with Gasteiger partial charge in [-0.3, -0.25) is 9.78 Å². The number of aryl methyl sites for hydroxylation is 1. The molecule has 5 aromatic rings. The minimum atomic E-state index is -0.219. The van der Waals surface area contributed by atoms with Crippen molar-refractivity contribution in [1.82, 2.24) is 25.3 Å². The van der Waals surface area contributed by atoms with E-state index in [-0.39, 0.29) is 12.5 Å². The summed E-state index contributed by atoms with van der Waals surface area (Å²) in [7, 11) is 1.64. The van der Waals surface area contributed by atoms with Crippen LogP contribution in [0.2, 0.25) is 0 Å². The predicted molar refractivity (Wildman–Crippen MR) is 135 cm³/mol. The number of carbonyl (C=O) groups is 1. The molecule has 0 fully saturated rings. The van der Waals surface area contributed by atoms with E-state index in [1.807, 2.05) is 50.2 Å². The lowest BCUT2D eigenvalue weighted by atomic mass is 10.0. The van der Waals surface area contributed by atoms with Gasteiger partial charge in [-0.1, -0.05) is 6.07 Å². The van der Waals surface area contributed by atoms with E-state index >= 15 is 0 Å². The molecule has 3 aromatic heterocycles. The number of methoxy groups -OCH3 is 1. The number of aromatic amines is 1. The van der Waals surface area contributed by atoms with Crippen molar-refractivity contribution in [2.75, 3.05) is 13.7 Å². The van der Waals surface area contributed by atoms with Gasteiger partial charge in [-0.05, 0) is 55.8 Å². The third-order valence-electron chi connectivity index (χ3n) is 5.72. The van der Waals surface area contributed by atoms with Crippen LogP contribution in [0.1, 0.15) is 28.7 Å². The van der Waals surface area contributed by atoms with Crippen molar-refractivity contribution in [3.8, 4) is 22.8 Å². The number of imidazole rings is 1. The maximum absolute atomic E-state index is 12.9. The van der Waals surface area contributed by atoms with Crippen LogP contribution < -0.4 is 14.8 Å². The first-order chi connectivity index (χ1) is 17.1. The van der Waals surface area contributed by atoms with E-state index in [0.29, 0.717) is 35.0 Å². The van der Waals surface area contributed by atoms with Crippen LogP contribution >= 0.6 is 0 Å². The molecule has 5 rings (SSSR count). The Labute approximate surface area is 202 Å². The summed E-state index contributed by atoms with van der Waals surface area (Å²) in [6.07, 6.45) is 3.39. The average molecular weight is 468 g/mol. The van der Waals surface area contributed by atoms with Crippen LogP contribution in [0, 0.1) is 6.92 Å². The molecule has 0 atom stereocenters. The molecule has 1 amide bonds. The number of fused-ring (bicyclic) bond motifs is 2. The molecule has 0 radical (unpaired) electrons. The monoisotopic (exact) mass is 467 g/mol. The Hall–Kier alpha value is -4.46. The number of carbonyl (C=O) groups excluding carboxylic acids is 1. The number of H-pyrrole nitrogens is 1. The summed E-state index contributed by atoms with van der Waals surface area (Å²) >= 11 is 0. The highest BCUT2D eigenvalue weighted by Crippen LogP contribution is 2.35. The molecule has 8 nitrogen and oxygen atoms in total. The van der Waals surface area contributed by atoms with Crippen LogP contribution in [-0.2, 0) is 6.54 Å². The van der Waals surface area contributed by atoms with Crippen LogP contribution in [0.5, 0.6) is 11.5 Å². The van der Waals surface area contributed by atoms with E-state index < -0.39 is 0 Å². The third-order valence-corrected chi connectivity index (χ3v) is 5.72. The summed E-state index contributed by atoms with van der Waals surface area (Å²) < 4.78 is 11.5. The fourth-order valence-corrected chi connectivity index (χ4v) is 4.02. The highest BCUT2D eigenvalue weighted by molar-refractivity contribution is 5.99. The quantitative estimate of drug-likeness (QED) is 0.356. The number of ether oxygens (including phenoxy) is 2. The number of nitrogens with zero attached hydrogens (tertiary/aromatic N) is 3. The standard InChI is InChI=1S/C27H25N5O3/c1-4-35-25-13-22(18-7-5-16(2)11-24(18)34-3)30-21-12-17(6-8-19(21)25)27(33)29-15-26-31-20-9-10-28-14-23(20)32-26/h5-14H,4,15H2,1-3H3,(H,29,33)(H,31,32). The Morgan fingerprint density at radius 1 is 1.03 bits per heavy atom. The normalized spacial score (nSPS) is 11.1. The first kappa shape index (κ1) is 22.3. The van der Waals surface area contributed by atoms with Gasteiger partial charge in [0.05, 0.1) is 48.7 Å². The molecule has 0 saturated carbocycles. The van der Waals surface area contributed by atoms with Crippen molar-refractivity contribution in [2.24, 2.45) is 0 Å². The van der Waals surface area contributed by atoms with Crippen molar-refractivity contribution >= 4 is 27.8 Å². The largest absolute Gasteiger partial charge is 0.496 e. The topological polar surface area (TPSA) is 102 Å². The van der Waals surface area contributed by atoms with E-state index in [0.717, 1.165) is 33.3 Å². The zero-order valence-electron chi connectivity index (χ0n) is 19.8. The lowest BCUT2D eigenvalue weighted by Gasteiger charge is -2.14. The summed E-state index contributed by atoms with van der Waals surface area (Å²) in [5.41, 5.74) is 5.46. The van der Waals surface area contributed by atoms with Crippen LogP contribution in [0.15, 0.2) is 60.9 Å². The molecule has 0 aliphatic rings. The highest BCUT2D eigenvalue weighted by Gasteiger charge is 2.15. The Balaban J connectivity index is 1.47. The van der Waals surface area contributed by atoms with Gasteiger partial charge in [-0.15, -0.1) is 0 Å². The maximum atomic E-state index is 12.9. The molecule has 8 heteroatoms. The molecule has 2 aromatic carbocycles. The predicted octanol–water partition coefficient (Wildman–Crippen LogP) is 4.82. The summed E-state index contributed by atoms with van der Waals surface area (Å²) in [5, 5.41) is 3.76. The smallest absolute Gasteiger partial charge is 0.251 e. The molecule has 35 heavy (non-hydrogen) atoms. The van der Waals surface area contributed by atoms with Gasteiger partial charge in [0, 0.05) is 28.8 Å². The molecule has 0 unspecified atom stereocenters. The van der Waals surface area contributed by atoms with Crippen molar-refractivity contribution in [3.05, 3.63) is 77.9 Å². The number of hydrogen-bond donors (Lipinski definition) is 2. The van der Waals surface area contributed by atoms with Crippen molar-refractivity contribution in [1.29, 1.82) is 0 Å². The van der Waals surface area contributed by atoms with Gasteiger partial charge < -0.3 is 19.8 Å². The fraction of sp³-hybridized carbons (Fsp3) is 0.185. The Kier molecular flexibility index (Phi) is 6.01. The van der Waals surface area contributed by atoms with Crippen LogP contribution in [0.4, 0.5) is 0 Å². The van der Waals surface area contributed by atoms with E-state index in [9.17, 15) is 4.79 Å². The zero-order chi connectivity index (χ0) is 24.4. The van der Waals surface area contributed by atoms with Gasteiger partial charge in [0.2, 0.25) is 0 Å². The number of amides is 1. The van der Waals surface area contributed by atoms with E-state index in [4.69, 9.17) is 14.5 Å². The van der Waals surface area contributed by atoms with Gasteiger partial charge in [-0.2, -0.15) is 0 Å². The summed E-state index contributed by atoms with van der Waals surface area (Å²) in [6.45, 7) is 4.73. The van der Waals surface area contributed by atoms with Crippen LogP contribution in [0.3, 0.4) is 0 Å². The molecule has 0 spiro atoms. The van der Waals surface area contributed by atoms with Gasteiger partial charge in [0.15, 0.2) is 0 Å². The van der Waals surface area contributed by atoms with Gasteiger partial charge in [-0.25, -0.2) is 9.97 Å². The van der Waals surface area contributed by atoms with Crippen LogP contribution in [-0.4, -0.2) is 39.6 Å². The molecule has 0 aliphatic carbocycles. The molecule has 0 bridgehead atoms. The molecule has 3 heterocycles. The average Bonchev–Trinajstić information content (AvgIpc) is 3.30. The number of aromatic nitrogens is 4. The second-order valence-corrected chi connectivity index (χ2v) is 8.13. The molecular weight excluding hydrogens is 442 g/mol. The molecule has 0 aliphatic heterocycles. The van der Waals surface area contributed by atoms with Crippen molar-refractivity contribution < 1.29 is 14.3 Å². The van der Waals surface area contributed by atoms with E-state index in [1.54, 1.807) is 31.6 Å². The van der Waals surface area contributed by atoms with E-state index in [2.05, 4.69) is 20.3 Å². The van der Waals surface area contributed by atoms with E-state index in [1.165, 1.54) is 0 Å². The molecule has 2 N–H and O–H groups in total. The lowest BCUT2D eigenvalue weighted by Crippen LogP contribution is -2.23. The number of hydrogen-bond acceptors (Lipinski definition) is 6. The minimum Gasteiger partial charge on any atom is -0.496 e. The van der Waals surface area contributed by atoms with Crippen LogP contribution in [0.25, 0.3) is 33.2 Å². The summed E-state index contributed by atoms with van der Waals surface area (Å²) in [4.78, 5) is 29.5. The molecular formula is C27H25N5O3. The minimum absolute atomic E-state index is 0.219. The van der Waals surface area contributed by atoms with Gasteiger partial charge in [0.25, 0.3) is 5.91 Å². The number of benzene rings is 2. The van der Waals surface area contributed by atoms with Gasteiger partial charge >= 0.3 is 0 Å². The number of pyridine rings is 2. The molecule has 0 saturated heterocycles. The Morgan fingerprint density at radius 2 is 1.91 bits per heavy atom. The maximum Gasteiger partial charge on any atom is 0.251 e. The summed E-state index contributed by atoms with van der Waals surface area (Å²) in [6, 6.07) is 15.1. The zero-order valence-corrected chi connectivity index (χ0v) is 19.8. The number of rotatable bonds is 7. The second-order valence-electron chi connectivity index (χ2n) is 8.13. The van der Waals surface area contributed by atoms with Crippen molar-refractivity contribution in [3.63, 3.8) is 0 Å². The van der Waals surface area contributed by atoms with Crippen molar-refractivity contribution in [2.45, 2.75) is 20.4 Å². The number of nitrogens with one attached hydrogen (secondary N) is 2. The second kappa shape index (κ2) is 9.42. The first-order valence-corrected chi connectivity index (χ1v) is 11.3. The first-order valence-electron chi connectivity index (χ1n) is 11.3. The van der Waals surface area contributed by atoms with Gasteiger partial charge in [0.1, 0.15) is 17.3 Å². The fourth-order valence-electron chi connectivity index (χ4n) is 4.02. The third kappa shape index (κ3) is 4.50. The summed E-state index contributed by atoms with van der Waals surface area (Å²) in [5.74, 6) is 1.88. The molecule has 176 valence electrons. The Bertz CT molecular complexity index is 1510.